The Hall–Kier alpha value is -4.14. The van der Waals surface area contributed by atoms with Crippen molar-refractivity contribution < 1.29 is 14.3 Å². The number of rotatable bonds is 8. The molecule has 1 aromatic heterocycles. The van der Waals surface area contributed by atoms with Crippen molar-refractivity contribution in [1.82, 2.24) is 9.88 Å². The Bertz CT molecular complexity index is 1680. The topological polar surface area (TPSA) is 107 Å². The number of ether oxygens (including phenoxy) is 2. The number of carbonyl (C=O) groups excluding carboxylic acids is 1. The van der Waals surface area contributed by atoms with E-state index in [0.717, 1.165) is 70.6 Å². The first-order valence-corrected chi connectivity index (χ1v) is 15.3. The minimum atomic E-state index is -0.870. The summed E-state index contributed by atoms with van der Waals surface area (Å²) in [5.74, 6) is 6.40. The van der Waals surface area contributed by atoms with E-state index in [4.69, 9.17) is 21.1 Å². The molecular formula is C36H45N5O3. The number of nitrogens with zero attached hydrogens (tertiary/aromatic N) is 3. The summed E-state index contributed by atoms with van der Waals surface area (Å²) in [6, 6.07) is 18.8. The van der Waals surface area contributed by atoms with Crippen molar-refractivity contribution in [2.45, 2.75) is 66.2 Å². The lowest BCUT2D eigenvalue weighted by atomic mass is 9.69. The number of hydrogen-bond donors (Lipinski definition) is 2. The molecule has 0 saturated carbocycles. The number of pyridine rings is 1. The summed E-state index contributed by atoms with van der Waals surface area (Å²) in [6.07, 6.45) is 2.81. The van der Waals surface area contributed by atoms with E-state index in [1.54, 1.807) is 7.05 Å². The molecular weight excluding hydrogens is 550 g/mol. The zero-order valence-corrected chi connectivity index (χ0v) is 27.0. The standard InChI is InChI=1S/C36H45N5O3/c1-8-28-21-41(20-27-17-30-24(10-9-15-39-30)18-32(27)44-28)19-26-16-25(12-11-22(26)2)33(36(4,5)35(42)43-7)29-13-14-31(40(6)38)34(37)23(29)3/h9-18,28,33H,8,19-21,37-38H2,1-7H3. The smallest absolute Gasteiger partial charge is 0.312 e. The van der Waals surface area contributed by atoms with Gasteiger partial charge in [0.1, 0.15) is 11.9 Å². The monoisotopic (exact) mass is 595 g/mol. The molecule has 4 aromatic rings. The number of aromatic nitrogens is 1. The first-order chi connectivity index (χ1) is 20.9. The zero-order chi connectivity index (χ0) is 31.8. The normalized spacial score (nSPS) is 16.1. The number of nitrogen functional groups attached to an aromatic ring is 1. The van der Waals surface area contributed by atoms with Crippen molar-refractivity contribution in [1.29, 1.82) is 0 Å². The summed E-state index contributed by atoms with van der Waals surface area (Å²) in [7, 11) is 3.21. The van der Waals surface area contributed by atoms with E-state index in [2.05, 4.69) is 60.1 Å². The highest BCUT2D eigenvalue weighted by Crippen LogP contribution is 2.45. The van der Waals surface area contributed by atoms with E-state index < -0.39 is 5.41 Å². The van der Waals surface area contributed by atoms with Gasteiger partial charge in [-0.25, -0.2) is 5.84 Å². The van der Waals surface area contributed by atoms with E-state index in [-0.39, 0.29) is 18.0 Å². The van der Waals surface area contributed by atoms with Gasteiger partial charge in [0.25, 0.3) is 0 Å². The summed E-state index contributed by atoms with van der Waals surface area (Å²) < 4.78 is 11.8. The van der Waals surface area contributed by atoms with Crippen molar-refractivity contribution in [3.63, 3.8) is 0 Å². The van der Waals surface area contributed by atoms with Gasteiger partial charge in [-0.1, -0.05) is 37.3 Å². The van der Waals surface area contributed by atoms with Crippen molar-refractivity contribution >= 4 is 28.2 Å². The number of hydrazine groups is 1. The summed E-state index contributed by atoms with van der Waals surface area (Å²) in [4.78, 5) is 20.3. The molecule has 3 aromatic carbocycles. The Labute approximate surface area is 260 Å². The molecule has 0 bridgehead atoms. The lowest BCUT2D eigenvalue weighted by Gasteiger charge is -2.35. The van der Waals surface area contributed by atoms with Crippen molar-refractivity contribution in [3.05, 3.63) is 94.2 Å². The number of anilines is 2. The number of esters is 1. The minimum absolute atomic E-state index is 0.0738. The lowest BCUT2D eigenvalue weighted by molar-refractivity contribution is -0.151. The second-order valence-corrected chi connectivity index (χ2v) is 12.6. The van der Waals surface area contributed by atoms with Crippen molar-refractivity contribution in [3.8, 4) is 5.75 Å². The maximum atomic E-state index is 13.3. The molecule has 4 N–H and O–H groups in total. The van der Waals surface area contributed by atoms with E-state index in [9.17, 15) is 4.79 Å². The van der Waals surface area contributed by atoms with Crippen molar-refractivity contribution in [2.24, 2.45) is 11.3 Å². The molecule has 0 fully saturated rings. The highest BCUT2D eigenvalue weighted by Gasteiger charge is 2.41. The van der Waals surface area contributed by atoms with Crippen LogP contribution in [0.3, 0.4) is 0 Å². The quantitative estimate of drug-likeness (QED) is 0.107. The van der Waals surface area contributed by atoms with Crippen LogP contribution in [0.25, 0.3) is 10.9 Å². The van der Waals surface area contributed by atoms with Gasteiger partial charge in [0.2, 0.25) is 0 Å². The Morgan fingerprint density at radius 1 is 1.18 bits per heavy atom. The third-order valence-corrected chi connectivity index (χ3v) is 9.15. The largest absolute Gasteiger partial charge is 0.489 e. The predicted octanol–water partition coefficient (Wildman–Crippen LogP) is 6.25. The third-order valence-electron chi connectivity index (χ3n) is 9.15. The molecule has 0 spiro atoms. The average molecular weight is 596 g/mol. The number of nitrogens with two attached hydrogens (primary N) is 2. The van der Waals surface area contributed by atoms with Crippen LogP contribution < -0.4 is 21.3 Å². The Kier molecular flexibility index (Phi) is 8.86. The molecule has 0 radical (unpaired) electrons. The van der Waals surface area contributed by atoms with E-state index in [0.29, 0.717) is 5.69 Å². The zero-order valence-electron chi connectivity index (χ0n) is 27.0. The van der Waals surface area contributed by atoms with Crippen LogP contribution in [-0.4, -0.2) is 42.7 Å². The summed E-state index contributed by atoms with van der Waals surface area (Å²) in [5.41, 5.74) is 14.5. The first kappa shape index (κ1) is 31.3. The summed E-state index contributed by atoms with van der Waals surface area (Å²) in [5, 5.41) is 2.60. The van der Waals surface area contributed by atoms with Gasteiger partial charge in [0.05, 0.1) is 29.4 Å². The fourth-order valence-electron chi connectivity index (χ4n) is 6.52. The van der Waals surface area contributed by atoms with Gasteiger partial charge in [-0.05, 0) is 86.2 Å². The van der Waals surface area contributed by atoms with Gasteiger partial charge in [-0.15, -0.1) is 0 Å². The molecule has 2 heterocycles. The van der Waals surface area contributed by atoms with Gasteiger partial charge in [-0.2, -0.15) is 0 Å². The third kappa shape index (κ3) is 5.97. The molecule has 5 rings (SSSR count). The molecule has 232 valence electrons. The number of fused-ring (bicyclic) bond motifs is 2. The predicted molar refractivity (Wildman–Crippen MR) is 178 cm³/mol. The number of benzene rings is 3. The SMILES string of the molecule is CCC1CN(Cc2cc(C(c3ccc(N(C)N)c(N)c3C)C(C)(C)C(=O)OC)ccc2C)Cc2cc3ncccc3cc2O1. The maximum Gasteiger partial charge on any atom is 0.312 e. The van der Waals surface area contributed by atoms with Crippen LogP contribution in [0.1, 0.15) is 66.5 Å². The number of aryl methyl sites for hydroxylation is 1. The van der Waals surface area contributed by atoms with Crippen molar-refractivity contribution in [2.75, 3.05) is 31.4 Å². The molecule has 1 aliphatic rings. The van der Waals surface area contributed by atoms with Gasteiger partial charge in [0.15, 0.2) is 0 Å². The first-order valence-electron chi connectivity index (χ1n) is 15.3. The van der Waals surface area contributed by atoms with Crippen LogP contribution >= 0.6 is 0 Å². The Balaban J connectivity index is 1.56. The summed E-state index contributed by atoms with van der Waals surface area (Å²) in [6.45, 7) is 12.5. The van der Waals surface area contributed by atoms with Crippen LogP contribution in [0.5, 0.6) is 5.75 Å². The number of carbonyl (C=O) groups is 1. The van der Waals surface area contributed by atoms with E-state index >= 15 is 0 Å². The van der Waals surface area contributed by atoms with Gasteiger partial charge >= 0.3 is 5.97 Å². The average Bonchev–Trinajstić information content (AvgIpc) is 3.17. The molecule has 0 saturated heterocycles. The molecule has 1 aliphatic heterocycles. The van der Waals surface area contributed by atoms with Crippen LogP contribution in [0.2, 0.25) is 0 Å². The second-order valence-electron chi connectivity index (χ2n) is 12.6. The Morgan fingerprint density at radius 2 is 1.95 bits per heavy atom. The number of hydrogen-bond acceptors (Lipinski definition) is 8. The molecule has 0 aliphatic carbocycles. The molecule has 44 heavy (non-hydrogen) atoms. The van der Waals surface area contributed by atoms with E-state index in [1.165, 1.54) is 23.2 Å². The number of methoxy groups -OCH3 is 1. The summed E-state index contributed by atoms with van der Waals surface area (Å²) >= 11 is 0. The van der Waals surface area contributed by atoms with Gasteiger partial charge in [0, 0.05) is 49.7 Å². The van der Waals surface area contributed by atoms with Gasteiger partial charge < -0.3 is 20.2 Å². The van der Waals surface area contributed by atoms with Crippen LogP contribution in [0, 0.1) is 19.3 Å². The fourth-order valence-corrected chi connectivity index (χ4v) is 6.52. The van der Waals surface area contributed by atoms with Gasteiger partial charge in [-0.3, -0.25) is 14.7 Å². The second kappa shape index (κ2) is 12.5. The molecule has 8 nitrogen and oxygen atoms in total. The highest BCUT2D eigenvalue weighted by molar-refractivity contribution is 5.81. The van der Waals surface area contributed by atoms with Crippen LogP contribution in [0.15, 0.2) is 60.8 Å². The molecule has 2 unspecified atom stereocenters. The lowest BCUT2D eigenvalue weighted by Crippen LogP contribution is -2.34. The maximum absolute atomic E-state index is 13.3. The fraction of sp³-hybridized carbons (Fsp3) is 0.389. The minimum Gasteiger partial charge on any atom is -0.489 e. The van der Waals surface area contributed by atoms with Crippen LogP contribution in [0.4, 0.5) is 11.4 Å². The molecule has 8 heteroatoms. The van der Waals surface area contributed by atoms with Crippen LogP contribution in [-0.2, 0) is 22.6 Å². The van der Waals surface area contributed by atoms with E-state index in [1.807, 2.05) is 45.2 Å². The highest BCUT2D eigenvalue weighted by atomic mass is 16.5. The molecule has 2 atom stereocenters. The Morgan fingerprint density at radius 3 is 2.66 bits per heavy atom. The molecule has 0 amide bonds.